The highest BCUT2D eigenvalue weighted by Crippen LogP contribution is 2.27. The first kappa shape index (κ1) is 8.49. The van der Waals surface area contributed by atoms with Crippen LogP contribution in [0.25, 0.3) is 22.2 Å². The van der Waals surface area contributed by atoms with Crippen molar-refractivity contribution in [3.8, 4) is 11.3 Å². The molecule has 0 aliphatic carbocycles. The number of nitrogens with one attached hydrogen (secondary N) is 2. The van der Waals surface area contributed by atoms with Gasteiger partial charge in [0.15, 0.2) is 5.76 Å². The molecule has 74 valence electrons. The first-order valence-electron chi connectivity index (χ1n) is 4.59. The summed E-state index contributed by atoms with van der Waals surface area (Å²) in [5.41, 5.74) is 2.12. The minimum atomic E-state index is 0.398. The summed E-state index contributed by atoms with van der Waals surface area (Å²) in [7, 11) is 0. The van der Waals surface area contributed by atoms with Crippen molar-refractivity contribution in [2.75, 3.05) is 0 Å². The molecule has 0 bridgehead atoms. The largest absolute Gasteiger partial charge is 0.429 e. The molecule has 0 saturated carbocycles. The van der Waals surface area contributed by atoms with E-state index in [1.165, 1.54) is 0 Å². The third-order valence-electron chi connectivity index (χ3n) is 2.38. The molecule has 4 heteroatoms. The quantitative estimate of drug-likeness (QED) is 0.611. The third kappa shape index (κ3) is 1.30. The molecule has 3 rings (SSSR count). The van der Waals surface area contributed by atoms with Crippen LogP contribution in [0.2, 0.25) is 0 Å². The molecule has 2 aromatic heterocycles. The van der Waals surface area contributed by atoms with Gasteiger partial charge in [-0.25, -0.2) is 0 Å². The molecule has 2 N–H and O–H groups in total. The molecule has 0 fully saturated rings. The van der Waals surface area contributed by atoms with E-state index in [9.17, 15) is 0 Å². The summed E-state index contributed by atoms with van der Waals surface area (Å²) in [4.78, 5) is 6.44. The Balaban J connectivity index is 2.32. The zero-order chi connectivity index (χ0) is 10.3. The summed E-state index contributed by atoms with van der Waals surface area (Å²) in [5.74, 6) is 0.762. The van der Waals surface area contributed by atoms with Crippen LogP contribution < -0.4 is 0 Å². The highest BCUT2D eigenvalue weighted by molar-refractivity contribution is 7.71. The number of rotatable bonds is 1. The van der Waals surface area contributed by atoms with Crippen molar-refractivity contribution in [1.29, 1.82) is 0 Å². The summed E-state index contributed by atoms with van der Waals surface area (Å²) >= 11 is 4.90. The van der Waals surface area contributed by atoms with Gasteiger partial charge < -0.3 is 14.4 Å². The Hall–Kier alpha value is -1.81. The number of hydrogen-bond acceptors (Lipinski definition) is 2. The lowest BCUT2D eigenvalue weighted by molar-refractivity contribution is 0.555. The summed E-state index contributed by atoms with van der Waals surface area (Å²) in [6.45, 7) is 0. The maximum Gasteiger partial charge on any atom is 0.266 e. The number of para-hydroxylation sites is 1. The molecule has 0 aliphatic heterocycles. The standard InChI is InChI=1S/C11H8N2OS/c15-11-13-6-10(14-11)8-5-12-9-4-2-1-3-7(8)9/h1-6,12H,(H,13,15). The third-order valence-corrected chi connectivity index (χ3v) is 2.58. The Kier molecular flexibility index (Phi) is 1.76. The van der Waals surface area contributed by atoms with Crippen molar-refractivity contribution in [3.63, 3.8) is 0 Å². The van der Waals surface area contributed by atoms with Gasteiger partial charge in [-0.3, -0.25) is 0 Å². The van der Waals surface area contributed by atoms with E-state index in [0.29, 0.717) is 4.84 Å². The molecule has 0 saturated heterocycles. The lowest BCUT2D eigenvalue weighted by Crippen LogP contribution is -1.69. The predicted molar refractivity (Wildman–Crippen MR) is 61.2 cm³/mol. The molecule has 0 aliphatic rings. The van der Waals surface area contributed by atoms with E-state index in [-0.39, 0.29) is 0 Å². The predicted octanol–water partition coefficient (Wildman–Crippen LogP) is 3.49. The van der Waals surface area contributed by atoms with Gasteiger partial charge in [0.05, 0.1) is 0 Å². The molecule has 15 heavy (non-hydrogen) atoms. The lowest BCUT2D eigenvalue weighted by Gasteiger charge is -1.91. The molecule has 0 atom stereocenters. The van der Waals surface area contributed by atoms with Crippen LogP contribution in [-0.4, -0.2) is 9.97 Å². The summed E-state index contributed by atoms with van der Waals surface area (Å²) in [5, 5.41) is 1.13. The van der Waals surface area contributed by atoms with E-state index in [4.69, 9.17) is 16.6 Å². The number of aromatic amines is 2. The van der Waals surface area contributed by atoms with Gasteiger partial charge in [0, 0.05) is 28.9 Å². The van der Waals surface area contributed by atoms with Gasteiger partial charge in [0.25, 0.3) is 4.84 Å². The van der Waals surface area contributed by atoms with Gasteiger partial charge in [0.1, 0.15) is 0 Å². The summed E-state index contributed by atoms with van der Waals surface area (Å²) in [6, 6.07) is 8.07. The van der Waals surface area contributed by atoms with Crippen molar-refractivity contribution >= 4 is 23.1 Å². The van der Waals surface area contributed by atoms with Crippen molar-refractivity contribution < 1.29 is 4.42 Å². The SMILES string of the molecule is S=c1[nH]cc(-c2c[nH]c3ccccc23)o1. The second-order valence-corrected chi connectivity index (χ2v) is 3.66. The summed E-state index contributed by atoms with van der Waals surface area (Å²) in [6.07, 6.45) is 3.70. The first-order chi connectivity index (χ1) is 7.34. The Labute approximate surface area is 90.8 Å². The molecule has 0 unspecified atom stereocenters. The topological polar surface area (TPSA) is 44.7 Å². The molecule has 3 aromatic rings. The maximum absolute atomic E-state index is 5.38. The Bertz CT molecular complexity index is 662. The molecular weight excluding hydrogens is 208 g/mol. The van der Waals surface area contributed by atoms with Crippen LogP contribution in [-0.2, 0) is 0 Å². The smallest absolute Gasteiger partial charge is 0.266 e. The number of fused-ring (bicyclic) bond motifs is 1. The second-order valence-electron chi connectivity index (χ2n) is 3.29. The Morgan fingerprint density at radius 2 is 1.93 bits per heavy atom. The normalized spacial score (nSPS) is 10.9. The van der Waals surface area contributed by atoms with Gasteiger partial charge in [-0.05, 0) is 18.3 Å². The van der Waals surface area contributed by atoms with Crippen LogP contribution in [0.3, 0.4) is 0 Å². The minimum Gasteiger partial charge on any atom is -0.429 e. The van der Waals surface area contributed by atoms with Crippen molar-refractivity contribution in [1.82, 2.24) is 9.97 Å². The van der Waals surface area contributed by atoms with E-state index in [1.807, 2.05) is 30.5 Å². The molecular formula is C11H8N2OS. The minimum absolute atomic E-state index is 0.398. The number of oxazole rings is 1. The van der Waals surface area contributed by atoms with Crippen molar-refractivity contribution in [3.05, 3.63) is 41.5 Å². The number of hydrogen-bond donors (Lipinski definition) is 2. The zero-order valence-electron chi connectivity index (χ0n) is 7.78. The first-order valence-corrected chi connectivity index (χ1v) is 5.00. The van der Waals surface area contributed by atoms with Gasteiger partial charge in [-0.1, -0.05) is 18.2 Å². The van der Waals surface area contributed by atoms with Gasteiger partial charge >= 0.3 is 0 Å². The number of aromatic nitrogens is 2. The van der Waals surface area contributed by atoms with Crippen LogP contribution in [0.15, 0.2) is 41.1 Å². The van der Waals surface area contributed by atoms with E-state index in [2.05, 4.69) is 9.97 Å². The maximum atomic E-state index is 5.38. The Morgan fingerprint density at radius 1 is 1.07 bits per heavy atom. The molecule has 0 amide bonds. The molecule has 0 spiro atoms. The monoisotopic (exact) mass is 216 g/mol. The van der Waals surface area contributed by atoms with Crippen LogP contribution in [0.4, 0.5) is 0 Å². The molecule has 1 aromatic carbocycles. The fourth-order valence-corrected chi connectivity index (χ4v) is 1.84. The molecule has 0 radical (unpaired) electrons. The average Bonchev–Trinajstić information content (AvgIpc) is 2.83. The molecule has 3 nitrogen and oxygen atoms in total. The fraction of sp³-hybridized carbons (Fsp3) is 0. The highest BCUT2D eigenvalue weighted by Gasteiger charge is 2.07. The van der Waals surface area contributed by atoms with E-state index in [0.717, 1.165) is 22.2 Å². The van der Waals surface area contributed by atoms with E-state index >= 15 is 0 Å². The molecule has 2 heterocycles. The second kappa shape index (κ2) is 3.10. The Morgan fingerprint density at radius 3 is 2.73 bits per heavy atom. The van der Waals surface area contributed by atoms with Crippen molar-refractivity contribution in [2.24, 2.45) is 0 Å². The van der Waals surface area contributed by atoms with Gasteiger partial charge in [-0.2, -0.15) is 0 Å². The fourth-order valence-electron chi connectivity index (χ4n) is 1.69. The van der Waals surface area contributed by atoms with Crippen LogP contribution in [0.5, 0.6) is 0 Å². The highest BCUT2D eigenvalue weighted by atomic mass is 32.1. The number of benzene rings is 1. The average molecular weight is 216 g/mol. The van der Waals surface area contributed by atoms with Crippen LogP contribution in [0.1, 0.15) is 0 Å². The van der Waals surface area contributed by atoms with E-state index in [1.54, 1.807) is 6.20 Å². The van der Waals surface area contributed by atoms with Crippen LogP contribution in [0, 0.1) is 4.84 Å². The number of H-pyrrole nitrogens is 2. The van der Waals surface area contributed by atoms with Crippen LogP contribution >= 0.6 is 12.2 Å². The lowest BCUT2D eigenvalue weighted by atomic mass is 10.1. The van der Waals surface area contributed by atoms with Gasteiger partial charge in [0.2, 0.25) is 0 Å². The van der Waals surface area contributed by atoms with Crippen molar-refractivity contribution in [2.45, 2.75) is 0 Å². The summed E-state index contributed by atoms with van der Waals surface area (Å²) < 4.78 is 5.38. The van der Waals surface area contributed by atoms with E-state index < -0.39 is 0 Å². The zero-order valence-corrected chi connectivity index (χ0v) is 8.60. The van der Waals surface area contributed by atoms with Gasteiger partial charge in [-0.15, -0.1) is 0 Å².